The predicted octanol–water partition coefficient (Wildman–Crippen LogP) is 1.97. The van der Waals surface area contributed by atoms with Crippen molar-refractivity contribution < 1.29 is 4.79 Å². The van der Waals surface area contributed by atoms with E-state index in [2.05, 4.69) is 38.7 Å². The number of carbonyl (C=O) groups excluding carboxylic acids is 1. The van der Waals surface area contributed by atoms with E-state index in [-0.39, 0.29) is 18.0 Å². The van der Waals surface area contributed by atoms with Gasteiger partial charge in [-0.25, -0.2) is 9.67 Å². The summed E-state index contributed by atoms with van der Waals surface area (Å²) in [5.74, 6) is 0.760. The van der Waals surface area contributed by atoms with Crippen molar-refractivity contribution in [2.24, 2.45) is 7.05 Å². The van der Waals surface area contributed by atoms with Gasteiger partial charge in [0.1, 0.15) is 5.82 Å². The smallest absolute Gasteiger partial charge is 0.242 e. The van der Waals surface area contributed by atoms with E-state index < -0.39 is 0 Å². The van der Waals surface area contributed by atoms with Crippen LogP contribution in [0.2, 0.25) is 0 Å². The van der Waals surface area contributed by atoms with Crippen LogP contribution in [0, 0.1) is 0 Å². The third-order valence-corrected chi connectivity index (χ3v) is 4.99. The number of hydrogen-bond donors (Lipinski definition) is 1. The van der Waals surface area contributed by atoms with E-state index in [0.717, 1.165) is 37.4 Å². The highest BCUT2D eigenvalue weighted by molar-refractivity contribution is 5.93. The zero-order chi connectivity index (χ0) is 17.3. The summed E-state index contributed by atoms with van der Waals surface area (Å²) in [6.07, 6.45) is 5.47. The maximum Gasteiger partial charge on any atom is 0.242 e. The Labute approximate surface area is 142 Å². The van der Waals surface area contributed by atoms with Crippen LogP contribution in [0.3, 0.4) is 0 Å². The van der Waals surface area contributed by atoms with Crippen LogP contribution in [-0.2, 0) is 24.8 Å². The van der Waals surface area contributed by atoms with Gasteiger partial charge in [0, 0.05) is 38.3 Å². The summed E-state index contributed by atoms with van der Waals surface area (Å²) in [6, 6.07) is 1.90. The van der Waals surface area contributed by atoms with Crippen molar-refractivity contribution >= 4 is 11.7 Å². The lowest BCUT2D eigenvalue weighted by Crippen LogP contribution is -2.45. The number of rotatable bonds is 5. The number of aryl methyl sites for hydroxylation is 1. The Hall–Kier alpha value is -2.15. The predicted molar refractivity (Wildman–Crippen MR) is 92.6 cm³/mol. The minimum Gasteiger partial charge on any atom is -0.337 e. The van der Waals surface area contributed by atoms with Crippen LogP contribution in [0.1, 0.15) is 44.6 Å². The van der Waals surface area contributed by atoms with Crippen LogP contribution in [0.4, 0.5) is 5.82 Å². The fraction of sp³-hybridized carbons (Fsp3) is 0.588. The second kappa shape index (κ2) is 6.76. The number of anilines is 1. The lowest BCUT2D eigenvalue weighted by atomic mass is 10.1. The highest BCUT2D eigenvalue weighted by atomic mass is 16.2. The van der Waals surface area contributed by atoms with Gasteiger partial charge in [0.05, 0.1) is 30.3 Å². The summed E-state index contributed by atoms with van der Waals surface area (Å²) >= 11 is 0. The van der Waals surface area contributed by atoms with Gasteiger partial charge in [0.2, 0.25) is 5.91 Å². The summed E-state index contributed by atoms with van der Waals surface area (Å²) in [5.41, 5.74) is 2.35. The fourth-order valence-corrected chi connectivity index (χ4v) is 3.14. The molecule has 0 radical (unpaired) electrons. The van der Waals surface area contributed by atoms with Gasteiger partial charge in [-0.2, -0.15) is 5.10 Å². The quantitative estimate of drug-likeness (QED) is 0.910. The highest BCUT2D eigenvalue weighted by Gasteiger charge is 2.28. The molecule has 0 saturated heterocycles. The van der Waals surface area contributed by atoms with Crippen molar-refractivity contribution in [2.75, 3.05) is 11.9 Å². The molecule has 0 unspecified atom stereocenters. The van der Waals surface area contributed by atoms with Crippen LogP contribution in [-0.4, -0.2) is 42.7 Å². The van der Waals surface area contributed by atoms with Crippen LogP contribution in [0.25, 0.3) is 0 Å². The third kappa shape index (κ3) is 3.08. The highest BCUT2D eigenvalue weighted by Crippen LogP contribution is 2.21. The molecular weight excluding hydrogens is 304 g/mol. The Morgan fingerprint density at radius 3 is 2.96 bits per heavy atom. The van der Waals surface area contributed by atoms with Crippen LogP contribution in [0.15, 0.2) is 18.6 Å². The van der Waals surface area contributed by atoms with Crippen molar-refractivity contribution in [3.63, 3.8) is 0 Å². The molecule has 0 saturated carbocycles. The minimum atomic E-state index is -0.208. The number of nitrogens with zero attached hydrogens (tertiary/aromatic N) is 5. The number of carbonyl (C=O) groups is 1. The lowest BCUT2D eigenvalue weighted by Gasteiger charge is -2.31. The zero-order valence-electron chi connectivity index (χ0n) is 14.9. The molecule has 1 aliphatic heterocycles. The van der Waals surface area contributed by atoms with Gasteiger partial charge < -0.3 is 9.88 Å². The molecule has 24 heavy (non-hydrogen) atoms. The Morgan fingerprint density at radius 2 is 2.21 bits per heavy atom. The molecule has 7 nitrogen and oxygen atoms in total. The molecule has 1 amide bonds. The molecule has 3 heterocycles. The zero-order valence-corrected chi connectivity index (χ0v) is 14.9. The first-order valence-electron chi connectivity index (χ1n) is 8.58. The van der Waals surface area contributed by atoms with Gasteiger partial charge in [0.25, 0.3) is 0 Å². The average Bonchev–Trinajstić information content (AvgIpc) is 3.20. The maximum absolute atomic E-state index is 12.7. The van der Waals surface area contributed by atoms with Crippen molar-refractivity contribution in [1.29, 1.82) is 0 Å². The van der Waals surface area contributed by atoms with Crippen LogP contribution < -0.4 is 5.32 Å². The standard InChI is InChI=1S/C17H26N6O/c1-5-12(2)23-16(6-8-19-23)20-17(24)13(3)22-9-7-15-14(10-22)18-11-21(15)4/h6,8,11-13H,5,7,9-10H2,1-4H3,(H,20,24)/t12-,13+/m1/s1. The molecule has 0 bridgehead atoms. The summed E-state index contributed by atoms with van der Waals surface area (Å²) in [5, 5.41) is 7.35. The molecule has 7 heteroatoms. The lowest BCUT2D eigenvalue weighted by molar-refractivity contribution is -0.121. The molecule has 2 atom stereocenters. The van der Waals surface area contributed by atoms with Gasteiger partial charge in [-0.3, -0.25) is 9.69 Å². The molecular formula is C17H26N6O. The monoisotopic (exact) mass is 330 g/mol. The SMILES string of the molecule is CC[C@@H](C)n1nccc1NC(=O)[C@H](C)N1CCc2c(ncn2C)C1. The fourth-order valence-electron chi connectivity index (χ4n) is 3.14. The summed E-state index contributed by atoms with van der Waals surface area (Å²) in [4.78, 5) is 19.3. The van der Waals surface area contributed by atoms with E-state index in [1.807, 2.05) is 31.0 Å². The van der Waals surface area contributed by atoms with Gasteiger partial charge in [-0.1, -0.05) is 6.92 Å². The maximum atomic E-state index is 12.7. The van der Waals surface area contributed by atoms with Crippen molar-refractivity contribution in [1.82, 2.24) is 24.2 Å². The Kier molecular flexibility index (Phi) is 4.71. The second-order valence-corrected chi connectivity index (χ2v) is 6.55. The minimum absolute atomic E-state index is 0.000524. The largest absolute Gasteiger partial charge is 0.337 e. The van der Waals surface area contributed by atoms with Gasteiger partial charge in [-0.15, -0.1) is 0 Å². The molecule has 0 aliphatic carbocycles. The summed E-state index contributed by atoms with van der Waals surface area (Å²) in [6.45, 7) is 7.74. The molecule has 0 spiro atoms. The number of fused-ring (bicyclic) bond motifs is 1. The van der Waals surface area contributed by atoms with E-state index in [4.69, 9.17) is 0 Å². The number of amides is 1. The van der Waals surface area contributed by atoms with Gasteiger partial charge in [-0.05, 0) is 20.3 Å². The molecule has 3 rings (SSSR count). The molecule has 130 valence electrons. The summed E-state index contributed by atoms with van der Waals surface area (Å²) in [7, 11) is 2.02. The average molecular weight is 330 g/mol. The molecule has 1 N–H and O–H groups in total. The van der Waals surface area contributed by atoms with Crippen molar-refractivity contribution in [3.8, 4) is 0 Å². The van der Waals surface area contributed by atoms with Crippen molar-refractivity contribution in [3.05, 3.63) is 30.0 Å². The summed E-state index contributed by atoms with van der Waals surface area (Å²) < 4.78 is 3.94. The molecule has 2 aromatic rings. The first-order valence-corrected chi connectivity index (χ1v) is 8.58. The number of aromatic nitrogens is 4. The van der Waals surface area contributed by atoms with Crippen LogP contribution in [0.5, 0.6) is 0 Å². The van der Waals surface area contributed by atoms with E-state index in [0.29, 0.717) is 0 Å². The molecule has 1 aliphatic rings. The topological polar surface area (TPSA) is 68.0 Å². The number of nitrogens with one attached hydrogen (secondary N) is 1. The Balaban J connectivity index is 1.67. The Morgan fingerprint density at radius 1 is 1.42 bits per heavy atom. The molecule has 2 aromatic heterocycles. The number of hydrogen-bond acceptors (Lipinski definition) is 4. The molecule has 0 aromatic carbocycles. The first kappa shape index (κ1) is 16.7. The third-order valence-electron chi connectivity index (χ3n) is 4.99. The van der Waals surface area contributed by atoms with E-state index in [1.54, 1.807) is 6.20 Å². The van der Waals surface area contributed by atoms with Crippen molar-refractivity contribution in [2.45, 2.75) is 52.2 Å². The van der Waals surface area contributed by atoms with E-state index in [9.17, 15) is 4.79 Å². The first-order chi connectivity index (χ1) is 11.5. The van der Waals surface area contributed by atoms with Crippen LogP contribution >= 0.6 is 0 Å². The second-order valence-electron chi connectivity index (χ2n) is 6.55. The van der Waals surface area contributed by atoms with Gasteiger partial charge in [0.15, 0.2) is 0 Å². The molecule has 0 fully saturated rings. The Bertz CT molecular complexity index is 718. The van der Waals surface area contributed by atoms with E-state index >= 15 is 0 Å². The normalized spacial score (nSPS) is 17.3. The van der Waals surface area contributed by atoms with Gasteiger partial charge >= 0.3 is 0 Å². The van der Waals surface area contributed by atoms with E-state index in [1.165, 1.54) is 5.69 Å². The number of imidazole rings is 1.